The predicted octanol–water partition coefficient (Wildman–Crippen LogP) is 6.17. The Kier molecular flexibility index (Phi) is 8.11. The summed E-state index contributed by atoms with van der Waals surface area (Å²) in [5, 5.41) is 20.3. The summed E-state index contributed by atoms with van der Waals surface area (Å²) in [6.45, 7) is 6.36. The van der Waals surface area contributed by atoms with E-state index in [1.54, 1.807) is 6.07 Å². The van der Waals surface area contributed by atoms with Crippen molar-refractivity contribution in [1.29, 1.82) is 0 Å². The van der Waals surface area contributed by atoms with Crippen LogP contribution in [-0.2, 0) is 22.6 Å². The van der Waals surface area contributed by atoms with Crippen LogP contribution in [0, 0.1) is 12.7 Å². The summed E-state index contributed by atoms with van der Waals surface area (Å²) < 4.78 is 28.9. The zero-order chi connectivity index (χ0) is 30.1. The molecule has 9 heteroatoms. The molecule has 0 spiro atoms. The number of aliphatic hydroxyl groups is 1. The van der Waals surface area contributed by atoms with E-state index in [9.17, 15) is 19.4 Å². The molecule has 8 nitrogen and oxygen atoms in total. The highest BCUT2D eigenvalue weighted by Gasteiger charge is 2.34. The number of halogens is 1. The lowest BCUT2D eigenvalue weighted by molar-refractivity contribution is -0.136. The average Bonchev–Trinajstić information content (AvgIpc) is 3.43. The lowest BCUT2D eigenvalue weighted by Crippen LogP contribution is -2.45. The highest BCUT2D eigenvalue weighted by Crippen LogP contribution is 2.38. The van der Waals surface area contributed by atoms with E-state index < -0.39 is 5.97 Å². The van der Waals surface area contributed by atoms with Crippen LogP contribution in [0.25, 0.3) is 28.0 Å². The number of nitrogens with zero attached hydrogens (tertiary/aromatic N) is 3. The molecule has 2 N–H and O–H groups in total. The summed E-state index contributed by atoms with van der Waals surface area (Å²) in [6.07, 6.45) is 6.11. The van der Waals surface area contributed by atoms with Gasteiger partial charge in [0.1, 0.15) is 23.0 Å². The molecule has 0 unspecified atom stereocenters. The van der Waals surface area contributed by atoms with Gasteiger partial charge in [0, 0.05) is 48.1 Å². The van der Waals surface area contributed by atoms with E-state index in [4.69, 9.17) is 14.5 Å². The molecule has 1 fully saturated rings. The quantitative estimate of drug-likeness (QED) is 0.296. The number of aliphatic carboxylic acids is 1. The summed E-state index contributed by atoms with van der Waals surface area (Å²) in [5.74, 6) is 0.138. The fraction of sp³-hybridized carbons (Fsp3) is 0.412. The third-order valence-corrected chi connectivity index (χ3v) is 8.89. The molecule has 6 bridgehead atoms. The number of ether oxygens (including phenoxy) is 2. The number of carbonyl (C=O) groups is 1. The first kappa shape index (κ1) is 29.1. The fourth-order valence-corrected chi connectivity index (χ4v) is 6.37. The molecule has 7 rings (SSSR count). The van der Waals surface area contributed by atoms with Gasteiger partial charge in [-0.1, -0.05) is 18.2 Å². The number of hydrogen-bond acceptors (Lipinski definition) is 6. The molecule has 0 aliphatic carbocycles. The lowest BCUT2D eigenvalue weighted by Gasteiger charge is -2.41. The molecule has 0 atom stereocenters. The van der Waals surface area contributed by atoms with Crippen molar-refractivity contribution in [3.63, 3.8) is 0 Å². The van der Waals surface area contributed by atoms with Crippen LogP contribution in [0.3, 0.4) is 0 Å². The Balaban J connectivity index is 1.53. The Hall–Kier alpha value is -3.95. The second-order valence-corrected chi connectivity index (χ2v) is 11.9. The number of carboxylic acids is 1. The summed E-state index contributed by atoms with van der Waals surface area (Å²) >= 11 is 0. The van der Waals surface area contributed by atoms with Crippen molar-refractivity contribution in [3.05, 3.63) is 71.2 Å². The first-order valence-corrected chi connectivity index (χ1v) is 15.0. The number of piperidine rings is 1. The van der Waals surface area contributed by atoms with Gasteiger partial charge in [-0.2, -0.15) is 0 Å². The number of hydrogen-bond donors (Lipinski definition) is 2. The van der Waals surface area contributed by atoms with Crippen LogP contribution in [0.5, 0.6) is 5.75 Å². The van der Waals surface area contributed by atoms with Gasteiger partial charge in [0.15, 0.2) is 0 Å². The molecule has 226 valence electrons. The Labute approximate surface area is 250 Å². The van der Waals surface area contributed by atoms with E-state index in [0.717, 1.165) is 54.6 Å². The van der Waals surface area contributed by atoms with Gasteiger partial charge in [-0.3, -0.25) is 9.20 Å². The van der Waals surface area contributed by atoms with Crippen molar-refractivity contribution in [2.75, 3.05) is 31.2 Å². The van der Waals surface area contributed by atoms with Gasteiger partial charge in [0.2, 0.25) is 0 Å². The molecular formula is C34H38FN3O5. The van der Waals surface area contributed by atoms with Crippen molar-refractivity contribution in [1.82, 2.24) is 9.38 Å². The number of aromatic nitrogens is 2. The van der Waals surface area contributed by atoms with Crippen molar-refractivity contribution in [2.45, 2.75) is 64.6 Å². The maximum absolute atomic E-state index is 14.4. The minimum atomic E-state index is -0.930. The van der Waals surface area contributed by atoms with Gasteiger partial charge in [0.05, 0.1) is 30.9 Å². The Morgan fingerprint density at radius 3 is 2.58 bits per heavy atom. The summed E-state index contributed by atoms with van der Waals surface area (Å²) in [6, 6.07) is 12.3. The zero-order valence-corrected chi connectivity index (χ0v) is 24.7. The summed E-state index contributed by atoms with van der Waals surface area (Å²) in [5.41, 5.74) is 5.30. The highest BCUT2D eigenvalue weighted by molar-refractivity contribution is 5.79. The van der Waals surface area contributed by atoms with Gasteiger partial charge in [-0.25, -0.2) is 9.37 Å². The monoisotopic (exact) mass is 587 g/mol. The van der Waals surface area contributed by atoms with Crippen LogP contribution in [0.15, 0.2) is 48.7 Å². The number of fused-ring (bicyclic) bond motifs is 8. The zero-order valence-electron chi connectivity index (χ0n) is 24.7. The first-order valence-electron chi connectivity index (χ1n) is 15.0. The van der Waals surface area contributed by atoms with Crippen LogP contribution in [-0.4, -0.2) is 57.5 Å². The molecule has 4 aromatic rings. The van der Waals surface area contributed by atoms with E-state index in [0.29, 0.717) is 60.1 Å². The van der Waals surface area contributed by atoms with Gasteiger partial charge in [-0.15, -0.1) is 0 Å². The second kappa shape index (κ2) is 12.0. The minimum absolute atomic E-state index is 0.167. The molecule has 0 radical (unpaired) electrons. The number of rotatable bonds is 3. The van der Waals surface area contributed by atoms with Crippen LogP contribution in [0.2, 0.25) is 0 Å². The number of benzene rings is 2. The van der Waals surface area contributed by atoms with Gasteiger partial charge >= 0.3 is 5.97 Å². The summed E-state index contributed by atoms with van der Waals surface area (Å²) in [4.78, 5) is 19.3. The van der Waals surface area contributed by atoms with Crippen molar-refractivity contribution in [2.24, 2.45) is 0 Å². The van der Waals surface area contributed by atoms with Crippen molar-refractivity contribution >= 4 is 17.4 Å². The van der Waals surface area contributed by atoms with Crippen molar-refractivity contribution < 1.29 is 28.9 Å². The van der Waals surface area contributed by atoms with Gasteiger partial charge < -0.3 is 24.6 Å². The van der Waals surface area contributed by atoms with E-state index in [1.807, 2.05) is 41.8 Å². The SMILES string of the molecule is Cc1c(CC(=O)O)c2n3cc(nc3c1CO)-c1cccc(c1)-c1cc(F)ccc1OCCCCCOC1(C)CCN2CC1. The topological polar surface area (TPSA) is 96.5 Å². The van der Waals surface area contributed by atoms with E-state index >= 15 is 0 Å². The number of pyridine rings is 1. The molecule has 0 amide bonds. The van der Waals surface area contributed by atoms with E-state index in [1.165, 1.54) is 12.1 Å². The Morgan fingerprint density at radius 1 is 1.05 bits per heavy atom. The second-order valence-electron chi connectivity index (χ2n) is 11.9. The third-order valence-electron chi connectivity index (χ3n) is 8.89. The molecule has 1 saturated heterocycles. The molecule has 43 heavy (non-hydrogen) atoms. The maximum atomic E-state index is 14.4. The number of carboxylic acid groups (broad SMARTS) is 1. The average molecular weight is 588 g/mol. The smallest absolute Gasteiger partial charge is 0.307 e. The Morgan fingerprint density at radius 2 is 1.81 bits per heavy atom. The normalized spacial score (nSPS) is 17.1. The third kappa shape index (κ3) is 5.84. The number of aliphatic hydroxyl groups excluding tert-OH is 1. The van der Waals surface area contributed by atoms with Crippen molar-refractivity contribution in [3.8, 4) is 28.1 Å². The van der Waals surface area contributed by atoms with Crippen LogP contribution >= 0.6 is 0 Å². The molecular weight excluding hydrogens is 549 g/mol. The molecule has 2 aromatic carbocycles. The van der Waals surface area contributed by atoms with Crippen LogP contribution in [0.4, 0.5) is 10.2 Å². The number of anilines is 1. The molecule has 0 saturated carbocycles. The molecule has 3 aliphatic heterocycles. The predicted molar refractivity (Wildman–Crippen MR) is 163 cm³/mol. The lowest BCUT2D eigenvalue weighted by atomic mass is 9.92. The number of imidazole rings is 1. The highest BCUT2D eigenvalue weighted by atomic mass is 19.1. The van der Waals surface area contributed by atoms with E-state index in [-0.39, 0.29) is 24.4 Å². The molecule has 3 aliphatic rings. The minimum Gasteiger partial charge on any atom is -0.493 e. The fourth-order valence-electron chi connectivity index (χ4n) is 6.37. The van der Waals surface area contributed by atoms with Gasteiger partial charge in [-0.05, 0) is 81.3 Å². The first-order chi connectivity index (χ1) is 20.8. The maximum Gasteiger partial charge on any atom is 0.307 e. The molecule has 2 aromatic heterocycles. The summed E-state index contributed by atoms with van der Waals surface area (Å²) in [7, 11) is 0. The molecule has 5 heterocycles. The van der Waals surface area contributed by atoms with E-state index in [2.05, 4.69) is 11.8 Å². The standard InChI is InChI=1S/C34H38FN3O5/c1-22-26(19-31(40)41)33-37-13-11-34(2,12-14-37)43-16-5-3-4-15-42-30-10-9-25(35)18-27(30)23-7-6-8-24(17-23)29-20-38(33)32(36-29)28(22)21-39/h6-10,17-18,20,39H,3-5,11-16,19,21H2,1-2H3,(H,40,41). The Bertz CT molecular complexity index is 1660. The van der Waals surface area contributed by atoms with Gasteiger partial charge in [0.25, 0.3) is 0 Å². The largest absolute Gasteiger partial charge is 0.493 e. The van der Waals surface area contributed by atoms with Crippen LogP contribution < -0.4 is 9.64 Å². The van der Waals surface area contributed by atoms with Crippen LogP contribution in [0.1, 0.15) is 55.7 Å².